The summed E-state index contributed by atoms with van der Waals surface area (Å²) in [6.07, 6.45) is 2.03. The number of aliphatic hydroxyl groups is 1. The van der Waals surface area contributed by atoms with Gasteiger partial charge in [-0.1, -0.05) is 36.0 Å². The van der Waals surface area contributed by atoms with E-state index in [2.05, 4.69) is 27.3 Å². The molecular formula is C18H22N4O2S. The zero-order chi connectivity index (χ0) is 17.4. The highest BCUT2D eigenvalue weighted by molar-refractivity contribution is 7.99. The maximum absolute atomic E-state index is 12.5. The number of carbonyl (C=O) groups is 1. The van der Waals surface area contributed by atoms with Gasteiger partial charge in [0.05, 0.1) is 11.9 Å². The Bertz CT molecular complexity index is 783. The molecule has 0 bridgehead atoms. The van der Waals surface area contributed by atoms with Gasteiger partial charge in [0.15, 0.2) is 0 Å². The van der Waals surface area contributed by atoms with E-state index < -0.39 is 0 Å². The van der Waals surface area contributed by atoms with Crippen molar-refractivity contribution in [3.63, 3.8) is 0 Å². The number of aryl methyl sites for hydroxylation is 1. The van der Waals surface area contributed by atoms with Gasteiger partial charge in [-0.15, -0.1) is 5.10 Å². The van der Waals surface area contributed by atoms with Crippen LogP contribution in [0.3, 0.4) is 0 Å². The zero-order valence-corrected chi connectivity index (χ0v) is 15.1. The Kier molecular flexibility index (Phi) is 4.29. The summed E-state index contributed by atoms with van der Waals surface area (Å²) in [7, 11) is 0. The molecule has 7 heteroatoms. The van der Waals surface area contributed by atoms with E-state index in [1.54, 1.807) is 0 Å². The van der Waals surface area contributed by atoms with Crippen LogP contribution in [0.25, 0.3) is 0 Å². The number of nitrogens with zero attached hydrogens (tertiary/aromatic N) is 3. The molecule has 1 amide bonds. The van der Waals surface area contributed by atoms with Crippen LogP contribution in [-0.2, 0) is 16.6 Å². The number of aliphatic hydroxyl groups excluding tert-OH is 1. The van der Waals surface area contributed by atoms with Crippen molar-refractivity contribution in [3.8, 4) is 0 Å². The number of likely N-dealkylation sites (tertiary alicyclic amines) is 1. The fourth-order valence-corrected chi connectivity index (χ4v) is 4.88. The lowest BCUT2D eigenvalue weighted by Gasteiger charge is -2.42. The summed E-state index contributed by atoms with van der Waals surface area (Å²) in [5, 5.41) is 18.1. The number of aromatic nitrogens is 3. The van der Waals surface area contributed by atoms with Crippen LogP contribution >= 0.6 is 11.8 Å². The monoisotopic (exact) mass is 358 g/mol. The molecule has 2 aromatic rings. The van der Waals surface area contributed by atoms with E-state index in [1.165, 1.54) is 22.9 Å². The number of amides is 1. The largest absolute Gasteiger partial charge is 0.392 e. The number of aromatic amines is 1. The molecule has 0 radical (unpaired) electrons. The zero-order valence-electron chi connectivity index (χ0n) is 14.2. The molecule has 0 unspecified atom stereocenters. The highest BCUT2D eigenvalue weighted by Gasteiger charge is 2.47. The highest BCUT2D eigenvalue weighted by atomic mass is 32.2. The molecular weight excluding hydrogens is 336 g/mol. The van der Waals surface area contributed by atoms with Crippen LogP contribution in [0.15, 0.2) is 29.4 Å². The van der Waals surface area contributed by atoms with Crippen molar-refractivity contribution in [1.29, 1.82) is 0 Å². The molecule has 1 aliphatic heterocycles. The predicted octanol–water partition coefficient (Wildman–Crippen LogP) is 1.68. The topological polar surface area (TPSA) is 82.1 Å². The standard InChI is InChI=1S/C18H22N4O2S/c1-12-19-17(21-20-12)25-11-16(24)22-8-6-18(7-9-22)14-5-3-2-4-13(14)10-15(18)23/h2-5,15,23H,6-11H2,1H3,(H,19,20,21)/t15-/m1/s1. The Labute approximate surface area is 151 Å². The van der Waals surface area contributed by atoms with E-state index in [1.807, 2.05) is 24.0 Å². The summed E-state index contributed by atoms with van der Waals surface area (Å²) >= 11 is 1.36. The minimum absolute atomic E-state index is 0.114. The van der Waals surface area contributed by atoms with Gasteiger partial charge in [0.2, 0.25) is 11.1 Å². The number of thioether (sulfide) groups is 1. The Morgan fingerprint density at radius 1 is 1.40 bits per heavy atom. The Morgan fingerprint density at radius 2 is 2.16 bits per heavy atom. The molecule has 1 aromatic carbocycles. The number of nitrogens with one attached hydrogen (secondary N) is 1. The van der Waals surface area contributed by atoms with Gasteiger partial charge in [-0.2, -0.15) is 0 Å². The van der Waals surface area contributed by atoms with Gasteiger partial charge in [0.25, 0.3) is 0 Å². The first-order valence-corrected chi connectivity index (χ1v) is 9.63. The van der Waals surface area contributed by atoms with E-state index >= 15 is 0 Å². The SMILES string of the molecule is Cc1nc(SCC(=O)N2CCC3(CC2)c2ccccc2C[C@H]3O)n[nH]1. The summed E-state index contributed by atoms with van der Waals surface area (Å²) in [6, 6.07) is 8.34. The summed E-state index contributed by atoms with van der Waals surface area (Å²) in [5.74, 6) is 1.22. The Morgan fingerprint density at radius 3 is 2.88 bits per heavy atom. The van der Waals surface area contributed by atoms with Gasteiger partial charge in [-0.3, -0.25) is 9.89 Å². The molecule has 6 nitrogen and oxygen atoms in total. The van der Waals surface area contributed by atoms with Gasteiger partial charge >= 0.3 is 0 Å². The molecule has 2 N–H and O–H groups in total. The maximum Gasteiger partial charge on any atom is 0.233 e. The first-order valence-electron chi connectivity index (χ1n) is 8.64. The summed E-state index contributed by atoms with van der Waals surface area (Å²) in [5.41, 5.74) is 2.35. The van der Waals surface area contributed by atoms with Crippen molar-refractivity contribution in [2.45, 2.75) is 42.9 Å². The van der Waals surface area contributed by atoms with Crippen LogP contribution in [0.5, 0.6) is 0 Å². The van der Waals surface area contributed by atoms with E-state index in [9.17, 15) is 9.90 Å². The third-order valence-electron chi connectivity index (χ3n) is 5.51. The van der Waals surface area contributed by atoms with Crippen molar-refractivity contribution in [1.82, 2.24) is 20.1 Å². The second kappa shape index (κ2) is 6.46. The summed E-state index contributed by atoms with van der Waals surface area (Å²) in [4.78, 5) is 18.6. The molecule has 1 atom stereocenters. The smallest absolute Gasteiger partial charge is 0.233 e. The minimum atomic E-state index is -0.340. The fourth-order valence-electron chi connectivity index (χ4n) is 4.13. The quantitative estimate of drug-likeness (QED) is 0.816. The molecule has 0 saturated carbocycles. The first kappa shape index (κ1) is 16.6. The lowest BCUT2D eigenvalue weighted by Crippen LogP contribution is -2.49. The van der Waals surface area contributed by atoms with E-state index in [-0.39, 0.29) is 17.4 Å². The molecule has 1 spiro atoms. The van der Waals surface area contributed by atoms with Crippen LogP contribution in [0.4, 0.5) is 0 Å². The molecule has 4 rings (SSSR count). The number of rotatable bonds is 3. The van der Waals surface area contributed by atoms with E-state index in [0.717, 1.165) is 25.1 Å². The van der Waals surface area contributed by atoms with Gasteiger partial charge < -0.3 is 10.0 Å². The van der Waals surface area contributed by atoms with E-state index in [4.69, 9.17) is 0 Å². The molecule has 25 heavy (non-hydrogen) atoms. The third kappa shape index (κ3) is 2.95. The lowest BCUT2D eigenvalue weighted by atomic mass is 9.72. The molecule has 1 fully saturated rings. The summed E-state index contributed by atoms with van der Waals surface area (Å²) < 4.78 is 0. The van der Waals surface area contributed by atoms with Crippen LogP contribution in [-0.4, -0.2) is 56.0 Å². The number of hydrogen-bond donors (Lipinski definition) is 2. The van der Waals surface area contributed by atoms with Crippen LogP contribution in [0.1, 0.15) is 29.8 Å². The third-order valence-corrected chi connectivity index (χ3v) is 6.35. The van der Waals surface area contributed by atoms with Crippen LogP contribution < -0.4 is 0 Å². The van der Waals surface area contributed by atoms with Crippen molar-refractivity contribution in [2.24, 2.45) is 0 Å². The Balaban J connectivity index is 1.39. The molecule has 2 heterocycles. The van der Waals surface area contributed by atoms with Crippen molar-refractivity contribution in [3.05, 3.63) is 41.2 Å². The predicted molar refractivity (Wildman–Crippen MR) is 95.5 cm³/mol. The average Bonchev–Trinajstić information content (AvgIpc) is 3.16. The molecule has 1 aliphatic carbocycles. The van der Waals surface area contributed by atoms with E-state index in [0.29, 0.717) is 24.0 Å². The van der Waals surface area contributed by atoms with Crippen molar-refractivity contribution in [2.75, 3.05) is 18.8 Å². The molecule has 1 saturated heterocycles. The first-order chi connectivity index (χ1) is 12.1. The minimum Gasteiger partial charge on any atom is -0.392 e. The number of H-pyrrole nitrogens is 1. The average molecular weight is 358 g/mol. The van der Waals surface area contributed by atoms with Gasteiger partial charge in [0.1, 0.15) is 5.82 Å². The van der Waals surface area contributed by atoms with Gasteiger partial charge in [-0.05, 0) is 37.3 Å². The van der Waals surface area contributed by atoms with Crippen molar-refractivity contribution < 1.29 is 9.90 Å². The van der Waals surface area contributed by atoms with Gasteiger partial charge in [-0.25, -0.2) is 4.98 Å². The fraction of sp³-hybridized carbons (Fsp3) is 0.500. The van der Waals surface area contributed by atoms with Crippen molar-refractivity contribution >= 4 is 17.7 Å². The number of fused-ring (bicyclic) bond motifs is 2. The molecule has 1 aromatic heterocycles. The molecule has 132 valence electrons. The number of carbonyl (C=O) groups excluding carboxylic acids is 1. The van der Waals surface area contributed by atoms with Gasteiger partial charge in [0, 0.05) is 18.5 Å². The molecule has 2 aliphatic rings. The number of hydrogen-bond acceptors (Lipinski definition) is 5. The van der Waals surface area contributed by atoms with Crippen LogP contribution in [0.2, 0.25) is 0 Å². The maximum atomic E-state index is 12.5. The number of benzene rings is 1. The highest BCUT2D eigenvalue weighted by Crippen LogP contribution is 2.46. The number of piperidine rings is 1. The Hall–Kier alpha value is -1.86. The second-order valence-corrected chi connectivity index (χ2v) is 7.85. The normalized spacial score (nSPS) is 21.5. The lowest BCUT2D eigenvalue weighted by molar-refractivity contribution is -0.130. The summed E-state index contributed by atoms with van der Waals surface area (Å²) in [6.45, 7) is 3.23. The van der Waals surface area contributed by atoms with Crippen LogP contribution in [0, 0.1) is 6.92 Å². The second-order valence-electron chi connectivity index (χ2n) is 6.91.